The predicted molar refractivity (Wildman–Crippen MR) is 126 cm³/mol. The molecule has 2 aromatic heterocycles. The van der Waals surface area contributed by atoms with Crippen molar-refractivity contribution in [3.8, 4) is 23.0 Å². The van der Waals surface area contributed by atoms with Crippen LogP contribution in [0.5, 0.6) is 11.6 Å². The number of alkyl halides is 3. The zero-order valence-corrected chi connectivity index (χ0v) is 20.0. The molecule has 1 fully saturated rings. The molecule has 11 nitrogen and oxygen atoms in total. The molecule has 2 aliphatic rings. The second-order valence-corrected chi connectivity index (χ2v) is 8.83. The second-order valence-electron chi connectivity index (χ2n) is 8.83. The molecule has 1 aromatic carbocycles. The number of fused-ring (bicyclic) bond motifs is 3. The van der Waals surface area contributed by atoms with E-state index in [1.54, 1.807) is 25.4 Å². The van der Waals surface area contributed by atoms with Gasteiger partial charge in [0.2, 0.25) is 11.8 Å². The van der Waals surface area contributed by atoms with Crippen LogP contribution >= 0.6 is 0 Å². The van der Waals surface area contributed by atoms with Crippen molar-refractivity contribution in [2.45, 2.75) is 19.2 Å². The summed E-state index contributed by atoms with van der Waals surface area (Å²) >= 11 is 0. The van der Waals surface area contributed by atoms with Gasteiger partial charge in [0, 0.05) is 50.7 Å². The van der Waals surface area contributed by atoms with Crippen molar-refractivity contribution in [3.63, 3.8) is 0 Å². The van der Waals surface area contributed by atoms with Gasteiger partial charge in [-0.15, -0.1) is 18.3 Å². The number of aromatic nitrogens is 4. The Morgan fingerprint density at radius 2 is 1.89 bits per heavy atom. The van der Waals surface area contributed by atoms with E-state index in [1.807, 2.05) is 7.05 Å². The molecule has 0 spiro atoms. The maximum Gasteiger partial charge on any atom is 0.573 e. The lowest BCUT2D eigenvalue weighted by Gasteiger charge is -2.34. The number of carbonyl (C=O) groups is 1. The number of hydrogen-bond acceptors (Lipinski definition) is 9. The highest BCUT2D eigenvalue weighted by molar-refractivity contribution is 5.73. The van der Waals surface area contributed by atoms with Gasteiger partial charge in [0.05, 0.1) is 17.1 Å². The Morgan fingerprint density at radius 1 is 1.14 bits per heavy atom. The number of nitrogens with one attached hydrogen (secondary N) is 1. The third-order valence-electron chi connectivity index (χ3n) is 6.33. The van der Waals surface area contributed by atoms with Crippen LogP contribution in [0.25, 0.3) is 11.4 Å². The molecule has 0 saturated carbocycles. The Hall–Kier alpha value is -4.07. The number of aryl methyl sites for hydroxylation is 2. The van der Waals surface area contributed by atoms with E-state index < -0.39 is 18.3 Å². The van der Waals surface area contributed by atoms with E-state index in [2.05, 4.69) is 34.9 Å². The lowest BCUT2D eigenvalue weighted by Crippen LogP contribution is -2.44. The van der Waals surface area contributed by atoms with Crippen molar-refractivity contribution in [2.24, 2.45) is 7.05 Å². The van der Waals surface area contributed by atoms with E-state index >= 15 is 0 Å². The Morgan fingerprint density at radius 3 is 2.59 bits per heavy atom. The normalized spacial score (nSPS) is 15.6. The van der Waals surface area contributed by atoms with E-state index in [0.29, 0.717) is 29.8 Å². The molecule has 14 heteroatoms. The standard InChI is InChI=1S/C23H24F3N7O4/c1-31-7-9-33(10-8-31)14-4-6-17(37-23(24,25)26)16(11-14)28-21-27-12-13-3-5-15-19(18(13)29-21)32(2)30-20(15)36-22(34)35/h4,6,11-12H,3,5,7-10H2,1-2H3,(H,34,35)(H,27,28,29). The number of anilines is 3. The average molecular weight is 519 g/mol. The van der Waals surface area contributed by atoms with Crippen LogP contribution in [0.2, 0.25) is 0 Å². The SMILES string of the molecule is CN1CCN(c2ccc(OC(F)(F)F)c(Nc3ncc4c(n3)-c3c(c(OC(=O)O)nn3C)CC4)c2)CC1. The average Bonchev–Trinajstić information content (AvgIpc) is 3.14. The second kappa shape index (κ2) is 9.42. The van der Waals surface area contributed by atoms with Gasteiger partial charge in [0.25, 0.3) is 0 Å². The third kappa shape index (κ3) is 5.23. The minimum Gasteiger partial charge on any atom is -0.449 e. The Bertz CT molecular complexity index is 1340. The maximum absolute atomic E-state index is 13.1. The van der Waals surface area contributed by atoms with Gasteiger partial charge in [-0.2, -0.15) is 0 Å². The number of piperazine rings is 1. The summed E-state index contributed by atoms with van der Waals surface area (Å²) in [5, 5.41) is 16.0. The van der Waals surface area contributed by atoms with Gasteiger partial charge in [-0.25, -0.2) is 14.8 Å². The maximum atomic E-state index is 13.1. The molecule has 1 aliphatic carbocycles. The highest BCUT2D eigenvalue weighted by Crippen LogP contribution is 2.39. The molecular weight excluding hydrogens is 495 g/mol. The summed E-state index contributed by atoms with van der Waals surface area (Å²) in [6.45, 7) is 3.12. The van der Waals surface area contributed by atoms with Crippen LogP contribution < -0.4 is 19.7 Å². The molecule has 0 amide bonds. The molecule has 0 bridgehead atoms. The van der Waals surface area contributed by atoms with Crippen LogP contribution in [-0.4, -0.2) is 75.5 Å². The van der Waals surface area contributed by atoms with Crippen LogP contribution in [0.15, 0.2) is 24.4 Å². The highest BCUT2D eigenvalue weighted by atomic mass is 19.4. The van der Waals surface area contributed by atoms with Crippen LogP contribution in [-0.2, 0) is 19.9 Å². The van der Waals surface area contributed by atoms with Crippen molar-refractivity contribution < 1.29 is 32.5 Å². The van der Waals surface area contributed by atoms with E-state index in [4.69, 9.17) is 9.84 Å². The molecule has 2 N–H and O–H groups in total. The first-order valence-electron chi connectivity index (χ1n) is 11.5. The van der Waals surface area contributed by atoms with E-state index in [-0.39, 0.29) is 17.5 Å². The lowest BCUT2D eigenvalue weighted by molar-refractivity contribution is -0.274. The molecule has 3 heterocycles. The highest BCUT2D eigenvalue weighted by Gasteiger charge is 2.33. The fraction of sp³-hybridized carbons (Fsp3) is 0.391. The summed E-state index contributed by atoms with van der Waals surface area (Å²) in [6, 6.07) is 4.46. The minimum atomic E-state index is -4.88. The number of benzene rings is 1. The molecule has 0 radical (unpaired) electrons. The molecule has 0 unspecified atom stereocenters. The van der Waals surface area contributed by atoms with Crippen LogP contribution in [0.4, 0.5) is 35.3 Å². The number of rotatable bonds is 5. The fourth-order valence-electron chi connectivity index (χ4n) is 4.56. The largest absolute Gasteiger partial charge is 0.573 e. The van der Waals surface area contributed by atoms with Gasteiger partial charge in [0.1, 0.15) is 0 Å². The first kappa shape index (κ1) is 24.6. The van der Waals surface area contributed by atoms with Crippen molar-refractivity contribution in [1.82, 2.24) is 24.6 Å². The molecule has 196 valence electrons. The number of hydrogen-bond donors (Lipinski definition) is 2. The summed E-state index contributed by atoms with van der Waals surface area (Å²) in [5.74, 6) is -0.384. The van der Waals surface area contributed by atoms with Crippen molar-refractivity contribution >= 4 is 23.5 Å². The summed E-state index contributed by atoms with van der Waals surface area (Å²) in [7, 11) is 3.65. The van der Waals surface area contributed by atoms with E-state index in [0.717, 1.165) is 37.4 Å². The van der Waals surface area contributed by atoms with Gasteiger partial charge >= 0.3 is 12.5 Å². The smallest absolute Gasteiger partial charge is 0.449 e. The topological polar surface area (TPSA) is 118 Å². The van der Waals surface area contributed by atoms with Gasteiger partial charge in [-0.3, -0.25) is 4.68 Å². The Labute approximate surface area is 209 Å². The van der Waals surface area contributed by atoms with Crippen molar-refractivity contribution in [1.29, 1.82) is 0 Å². The van der Waals surface area contributed by atoms with E-state index in [9.17, 15) is 18.0 Å². The first-order chi connectivity index (χ1) is 17.6. The summed E-state index contributed by atoms with van der Waals surface area (Å²) in [6.07, 6.45) is -3.77. The number of carboxylic acid groups (broad SMARTS) is 1. The van der Waals surface area contributed by atoms with Crippen LogP contribution in [0, 0.1) is 0 Å². The van der Waals surface area contributed by atoms with E-state index in [1.165, 1.54) is 10.7 Å². The Kier molecular flexibility index (Phi) is 6.27. The minimum absolute atomic E-state index is 0.0236. The lowest BCUT2D eigenvalue weighted by atomic mass is 9.95. The van der Waals surface area contributed by atoms with Gasteiger partial charge < -0.3 is 29.7 Å². The Balaban J connectivity index is 1.49. The van der Waals surface area contributed by atoms with Crippen molar-refractivity contribution in [2.75, 3.05) is 43.4 Å². The number of nitrogens with zero attached hydrogens (tertiary/aromatic N) is 6. The molecule has 1 saturated heterocycles. The summed E-state index contributed by atoms with van der Waals surface area (Å²) in [5.41, 5.74) is 3.22. The summed E-state index contributed by atoms with van der Waals surface area (Å²) in [4.78, 5) is 24.2. The van der Waals surface area contributed by atoms with Crippen molar-refractivity contribution in [3.05, 3.63) is 35.5 Å². The van der Waals surface area contributed by atoms with Crippen LogP contribution in [0.1, 0.15) is 11.1 Å². The zero-order chi connectivity index (χ0) is 26.3. The van der Waals surface area contributed by atoms with Gasteiger partial charge in [0.15, 0.2) is 5.75 Å². The summed E-state index contributed by atoms with van der Waals surface area (Å²) < 4.78 is 49.9. The molecule has 3 aromatic rings. The molecule has 0 atom stereocenters. The quantitative estimate of drug-likeness (QED) is 0.486. The monoisotopic (exact) mass is 519 g/mol. The number of likely N-dealkylation sites (N-methyl/N-ethyl adjacent to an activating group) is 1. The van der Waals surface area contributed by atoms with Gasteiger partial charge in [-0.05, 0) is 43.7 Å². The molecule has 5 rings (SSSR count). The fourth-order valence-corrected chi connectivity index (χ4v) is 4.56. The molecule has 1 aliphatic heterocycles. The predicted octanol–water partition coefficient (Wildman–Crippen LogP) is 3.43. The molecule has 37 heavy (non-hydrogen) atoms. The number of halogens is 3. The zero-order valence-electron chi connectivity index (χ0n) is 20.0. The van der Waals surface area contributed by atoms with Gasteiger partial charge in [-0.1, -0.05) is 0 Å². The number of ether oxygens (including phenoxy) is 2. The third-order valence-corrected chi connectivity index (χ3v) is 6.33. The van der Waals surface area contributed by atoms with Crippen LogP contribution in [0.3, 0.4) is 0 Å². The molecular formula is C23H24F3N7O4. The first-order valence-corrected chi connectivity index (χ1v) is 11.5.